The van der Waals surface area contributed by atoms with Gasteiger partial charge in [-0.15, -0.1) is 0 Å². The summed E-state index contributed by atoms with van der Waals surface area (Å²) < 4.78 is 0. The molecule has 0 saturated heterocycles. The summed E-state index contributed by atoms with van der Waals surface area (Å²) in [7, 11) is 0. The van der Waals surface area contributed by atoms with Gasteiger partial charge in [-0.3, -0.25) is 10.3 Å². The molecule has 1 aliphatic rings. The molecule has 0 atom stereocenters. The van der Waals surface area contributed by atoms with E-state index in [0.29, 0.717) is 6.54 Å². The summed E-state index contributed by atoms with van der Waals surface area (Å²) in [5.74, 6) is 0. The van der Waals surface area contributed by atoms with Crippen LogP contribution in [-0.2, 0) is 6.42 Å². The van der Waals surface area contributed by atoms with Crippen LogP contribution in [0.5, 0.6) is 0 Å². The van der Waals surface area contributed by atoms with Crippen LogP contribution in [0.3, 0.4) is 0 Å². The molecule has 1 N–H and O–H groups in total. The highest BCUT2D eigenvalue weighted by molar-refractivity contribution is 5.25. The lowest BCUT2D eigenvalue weighted by molar-refractivity contribution is -0.0475. The summed E-state index contributed by atoms with van der Waals surface area (Å²) in [5.41, 5.74) is 2.16. The molecule has 0 fully saturated rings. The first-order chi connectivity index (χ1) is 6.86. The van der Waals surface area contributed by atoms with Gasteiger partial charge >= 0.3 is 0 Å². The second kappa shape index (κ2) is 4.11. The molecule has 0 aromatic heterocycles. The van der Waals surface area contributed by atoms with Crippen molar-refractivity contribution < 1.29 is 5.21 Å². The normalized spacial score (nSPS) is 15.5. The van der Waals surface area contributed by atoms with Crippen LogP contribution in [0.4, 0.5) is 0 Å². The van der Waals surface area contributed by atoms with Crippen molar-refractivity contribution in [3.05, 3.63) is 59.8 Å². The van der Waals surface area contributed by atoms with Crippen LogP contribution in [0.25, 0.3) is 0 Å². The minimum atomic E-state index is 0.582. The molecule has 72 valence electrons. The molecule has 0 spiro atoms. The summed E-state index contributed by atoms with van der Waals surface area (Å²) in [6.07, 6.45) is 6.62. The SMILES string of the molecule is ON1CC=CC=C1Cc1ccccc1. The zero-order valence-corrected chi connectivity index (χ0v) is 7.93. The monoisotopic (exact) mass is 187 g/mol. The summed E-state index contributed by atoms with van der Waals surface area (Å²) >= 11 is 0. The molecule has 0 saturated carbocycles. The van der Waals surface area contributed by atoms with Crippen molar-refractivity contribution in [2.24, 2.45) is 0 Å². The Hall–Kier alpha value is -1.54. The van der Waals surface area contributed by atoms with E-state index in [1.165, 1.54) is 10.6 Å². The molecule has 2 rings (SSSR count). The number of hydroxylamine groups is 2. The van der Waals surface area contributed by atoms with Gasteiger partial charge in [0.15, 0.2) is 0 Å². The van der Waals surface area contributed by atoms with Crippen molar-refractivity contribution in [1.82, 2.24) is 5.06 Å². The first-order valence-corrected chi connectivity index (χ1v) is 4.72. The quantitative estimate of drug-likeness (QED) is 0.768. The third-order valence-corrected chi connectivity index (χ3v) is 2.26. The fourth-order valence-corrected chi connectivity index (χ4v) is 1.50. The minimum Gasteiger partial charge on any atom is -0.288 e. The molecule has 2 heteroatoms. The van der Waals surface area contributed by atoms with Gasteiger partial charge in [-0.2, -0.15) is 0 Å². The van der Waals surface area contributed by atoms with Gasteiger partial charge in [-0.25, -0.2) is 0 Å². The minimum absolute atomic E-state index is 0.582. The highest BCUT2D eigenvalue weighted by atomic mass is 16.5. The lowest BCUT2D eigenvalue weighted by Crippen LogP contribution is -2.21. The van der Waals surface area contributed by atoms with Gasteiger partial charge in [0.2, 0.25) is 0 Å². The Morgan fingerprint density at radius 2 is 2.00 bits per heavy atom. The molecule has 0 aliphatic carbocycles. The predicted octanol–water partition coefficient (Wildman–Crippen LogP) is 2.37. The number of benzene rings is 1. The summed E-state index contributed by atoms with van der Waals surface area (Å²) in [5, 5.41) is 10.8. The predicted molar refractivity (Wildman–Crippen MR) is 55.9 cm³/mol. The Morgan fingerprint density at radius 3 is 2.71 bits per heavy atom. The molecule has 14 heavy (non-hydrogen) atoms. The fraction of sp³-hybridized carbons (Fsp3) is 0.167. The Bertz CT molecular complexity index is 354. The second-order valence-electron chi connectivity index (χ2n) is 3.33. The Labute approximate surface area is 83.7 Å². The topological polar surface area (TPSA) is 23.5 Å². The van der Waals surface area contributed by atoms with Gasteiger partial charge in [0.05, 0.1) is 6.54 Å². The van der Waals surface area contributed by atoms with Crippen LogP contribution in [0.15, 0.2) is 54.3 Å². The van der Waals surface area contributed by atoms with Crippen LogP contribution in [-0.4, -0.2) is 16.8 Å². The number of allylic oxidation sites excluding steroid dienone is 3. The standard InChI is InChI=1S/C12H13NO/c14-13-9-5-4-8-12(13)10-11-6-2-1-3-7-11/h1-8,14H,9-10H2. The van der Waals surface area contributed by atoms with Gasteiger partial charge in [-0.1, -0.05) is 42.5 Å². The second-order valence-corrected chi connectivity index (χ2v) is 3.33. The molecular weight excluding hydrogens is 174 g/mol. The lowest BCUT2D eigenvalue weighted by atomic mass is 10.1. The maximum absolute atomic E-state index is 9.54. The van der Waals surface area contributed by atoms with Crippen molar-refractivity contribution in [3.63, 3.8) is 0 Å². The molecule has 0 unspecified atom stereocenters. The Balaban J connectivity index is 2.11. The number of hydrogen-bond acceptors (Lipinski definition) is 2. The Morgan fingerprint density at radius 1 is 1.21 bits per heavy atom. The maximum Gasteiger partial charge on any atom is 0.0633 e. The van der Waals surface area contributed by atoms with Crippen LogP contribution < -0.4 is 0 Å². The van der Waals surface area contributed by atoms with E-state index in [0.717, 1.165) is 12.1 Å². The van der Waals surface area contributed by atoms with Crippen molar-refractivity contribution in [2.75, 3.05) is 6.54 Å². The molecule has 2 nitrogen and oxygen atoms in total. The van der Waals surface area contributed by atoms with E-state index in [9.17, 15) is 5.21 Å². The summed E-state index contributed by atoms with van der Waals surface area (Å²) in [6, 6.07) is 10.1. The van der Waals surface area contributed by atoms with Crippen molar-refractivity contribution in [1.29, 1.82) is 0 Å². The van der Waals surface area contributed by atoms with E-state index in [4.69, 9.17) is 0 Å². The number of nitrogens with zero attached hydrogens (tertiary/aromatic N) is 1. The highest BCUT2D eigenvalue weighted by Gasteiger charge is 2.07. The molecule has 0 amide bonds. The van der Waals surface area contributed by atoms with Gasteiger partial charge < -0.3 is 0 Å². The number of rotatable bonds is 2. The molecule has 0 bridgehead atoms. The molecule has 0 radical (unpaired) electrons. The zero-order chi connectivity index (χ0) is 9.80. The van der Waals surface area contributed by atoms with Crippen molar-refractivity contribution >= 4 is 0 Å². The van der Waals surface area contributed by atoms with Crippen LogP contribution in [0.2, 0.25) is 0 Å². The zero-order valence-electron chi connectivity index (χ0n) is 7.93. The van der Waals surface area contributed by atoms with E-state index >= 15 is 0 Å². The smallest absolute Gasteiger partial charge is 0.0633 e. The van der Waals surface area contributed by atoms with Gasteiger partial charge in [0.25, 0.3) is 0 Å². The van der Waals surface area contributed by atoms with E-state index < -0.39 is 0 Å². The highest BCUT2D eigenvalue weighted by Crippen LogP contribution is 2.13. The maximum atomic E-state index is 9.54. The molecule has 1 heterocycles. The average Bonchev–Trinajstić information content (AvgIpc) is 2.23. The van der Waals surface area contributed by atoms with E-state index in [-0.39, 0.29) is 0 Å². The first-order valence-electron chi connectivity index (χ1n) is 4.72. The third-order valence-electron chi connectivity index (χ3n) is 2.26. The third kappa shape index (κ3) is 2.03. The largest absolute Gasteiger partial charge is 0.288 e. The van der Waals surface area contributed by atoms with E-state index in [1.54, 1.807) is 0 Å². The van der Waals surface area contributed by atoms with Gasteiger partial charge in [0.1, 0.15) is 0 Å². The molecule has 1 aromatic rings. The van der Waals surface area contributed by atoms with Crippen LogP contribution in [0.1, 0.15) is 5.56 Å². The first kappa shape index (κ1) is 9.03. The summed E-state index contributed by atoms with van der Waals surface area (Å²) in [4.78, 5) is 0. The van der Waals surface area contributed by atoms with Gasteiger partial charge in [0, 0.05) is 12.1 Å². The molecular formula is C12H13NO. The molecule has 1 aromatic carbocycles. The average molecular weight is 187 g/mol. The van der Waals surface area contributed by atoms with Crippen molar-refractivity contribution in [3.8, 4) is 0 Å². The lowest BCUT2D eigenvalue weighted by Gasteiger charge is -2.21. The van der Waals surface area contributed by atoms with E-state index in [2.05, 4.69) is 12.1 Å². The van der Waals surface area contributed by atoms with Crippen LogP contribution in [0, 0.1) is 0 Å². The van der Waals surface area contributed by atoms with E-state index in [1.807, 2.05) is 36.4 Å². The fourth-order valence-electron chi connectivity index (χ4n) is 1.50. The van der Waals surface area contributed by atoms with Gasteiger partial charge in [-0.05, 0) is 11.6 Å². The summed E-state index contributed by atoms with van der Waals surface area (Å²) in [6.45, 7) is 0.582. The Kier molecular flexibility index (Phi) is 2.65. The van der Waals surface area contributed by atoms with Crippen molar-refractivity contribution in [2.45, 2.75) is 6.42 Å². The number of hydrogen-bond donors (Lipinski definition) is 1. The molecule has 1 aliphatic heterocycles. The van der Waals surface area contributed by atoms with Crippen LogP contribution >= 0.6 is 0 Å².